The largest absolute Gasteiger partial charge is 0.508 e. The van der Waals surface area contributed by atoms with Gasteiger partial charge in [-0.2, -0.15) is 0 Å². The average molecular weight is 244 g/mol. The predicted octanol–water partition coefficient (Wildman–Crippen LogP) is 4.11. The third-order valence-corrected chi connectivity index (χ3v) is 2.08. The molecule has 0 bridgehead atoms. The summed E-state index contributed by atoms with van der Waals surface area (Å²) < 4.78 is 5.47. The van der Waals surface area contributed by atoms with Gasteiger partial charge in [0, 0.05) is 0 Å². The second-order valence-electron chi connectivity index (χ2n) is 4.35. The van der Waals surface area contributed by atoms with Crippen molar-refractivity contribution >= 4 is 0 Å². The minimum atomic E-state index is 0.322. The summed E-state index contributed by atoms with van der Waals surface area (Å²) in [6.07, 6.45) is 0. The number of para-hydroxylation sites is 2. The number of benzene rings is 2. The zero-order chi connectivity index (χ0) is 13.2. The molecule has 18 heavy (non-hydrogen) atoms. The lowest BCUT2D eigenvalue weighted by Gasteiger charge is -2.07. The number of hydrogen-bond acceptors (Lipinski definition) is 2. The lowest BCUT2D eigenvalue weighted by atomic mass is 10.2. The number of rotatable bonds is 3. The topological polar surface area (TPSA) is 29.5 Å². The summed E-state index contributed by atoms with van der Waals surface area (Å²) in [5.74, 6) is 1.87. The molecule has 0 heterocycles. The maximum atomic E-state index is 8.63. The summed E-state index contributed by atoms with van der Waals surface area (Å²) in [6, 6.07) is 18.6. The summed E-state index contributed by atoms with van der Waals surface area (Å²) in [5, 5.41) is 8.63. The van der Waals surface area contributed by atoms with Crippen molar-refractivity contribution in [3.8, 4) is 11.5 Å². The van der Waals surface area contributed by atoms with Crippen molar-refractivity contribution in [3.63, 3.8) is 0 Å². The Morgan fingerprint density at radius 1 is 0.889 bits per heavy atom. The first-order valence-electron chi connectivity index (χ1n) is 6.10. The SMILES string of the molecule is CC(C)COc1ccccc1.Oc1ccccc1. The van der Waals surface area contributed by atoms with Crippen molar-refractivity contribution in [3.05, 3.63) is 60.7 Å². The fourth-order valence-electron chi connectivity index (χ4n) is 1.21. The van der Waals surface area contributed by atoms with Crippen LogP contribution in [-0.2, 0) is 0 Å². The van der Waals surface area contributed by atoms with Gasteiger partial charge in [0.2, 0.25) is 0 Å². The molecule has 96 valence electrons. The number of phenolic OH excluding ortho intramolecular Hbond substituents is 1. The van der Waals surface area contributed by atoms with E-state index in [1.54, 1.807) is 24.3 Å². The van der Waals surface area contributed by atoms with Gasteiger partial charge in [0.25, 0.3) is 0 Å². The Kier molecular flexibility index (Phi) is 6.41. The molecule has 0 atom stereocenters. The molecule has 0 saturated carbocycles. The van der Waals surface area contributed by atoms with Crippen molar-refractivity contribution in [2.75, 3.05) is 6.61 Å². The molecule has 1 N–H and O–H groups in total. The molecule has 0 saturated heterocycles. The molecule has 2 aromatic rings. The highest BCUT2D eigenvalue weighted by atomic mass is 16.5. The van der Waals surface area contributed by atoms with Crippen LogP contribution in [0.25, 0.3) is 0 Å². The Labute approximate surface area is 109 Å². The van der Waals surface area contributed by atoms with Gasteiger partial charge in [0.1, 0.15) is 11.5 Å². The van der Waals surface area contributed by atoms with Crippen LogP contribution in [0.3, 0.4) is 0 Å². The van der Waals surface area contributed by atoms with E-state index >= 15 is 0 Å². The van der Waals surface area contributed by atoms with E-state index in [9.17, 15) is 0 Å². The monoisotopic (exact) mass is 244 g/mol. The molecule has 0 amide bonds. The molecule has 0 aliphatic heterocycles. The first-order chi connectivity index (χ1) is 8.68. The molecule has 2 nitrogen and oxygen atoms in total. The summed E-state index contributed by atoms with van der Waals surface area (Å²) in [7, 11) is 0. The van der Waals surface area contributed by atoms with Crippen LogP contribution in [0, 0.1) is 5.92 Å². The maximum absolute atomic E-state index is 8.63. The molecule has 2 heteroatoms. The highest BCUT2D eigenvalue weighted by Gasteiger charge is 1.94. The van der Waals surface area contributed by atoms with Crippen molar-refractivity contribution in [2.45, 2.75) is 13.8 Å². The van der Waals surface area contributed by atoms with Gasteiger partial charge >= 0.3 is 0 Å². The van der Waals surface area contributed by atoms with E-state index in [0.717, 1.165) is 12.4 Å². The minimum absolute atomic E-state index is 0.322. The van der Waals surface area contributed by atoms with E-state index in [1.807, 2.05) is 36.4 Å². The van der Waals surface area contributed by atoms with Crippen LogP contribution in [0.1, 0.15) is 13.8 Å². The smallest absolute Gasteiger partial charge is 0.119 e. The summed E-state index contributed by atoms with van der Waals surface area (Å²) in [4.78, 5) is 0. The van der Waals surface area contributed by atoms with E-state index in [1.165, 1.54) is 0 Å². The van der Waals surface area contributed by atoms with E-state index in [0.29, 0.717) is 11.7 Å². The van der Waals surface area contributed by atoms with Gasteiger partial charge in [0.15, 0.2) is 0 Å². The van der Waals surface area contributed by atoms with Crippen molar-refractivity contribution in [2.24, 2.45) is 5.92 Å². The number of ether oxygens (including phenoxy) is 1. The van der Waals surface area contributed by atoms with E-state index in [2.05, 4.69) is 13.8 Å². The summed E-state index contributed by atoms with van der Waals surface area (Å²) in [5.41, 5.74) is 0. The third-order valence-electron chi connectivity index (χ3n) is 2.08. The third kappa shape index (κ3) is 6.59. The number of hydrogen-bond donors (Lipinski definition) is 1. The number of aromatic hydroxyl groups is 1. The zero-order valence-electron chi connectivity index (χ0n) is 10.9. The molecular weight excluding hydrogens is 224 g/mol. The Hall–Kier alpha value is -1.96. The molecule has 2 aromatic carbocycles. The van der Waals surface area contributed by atoms with Gasteiger partial charge in [0.05, 0.1) is 6.61 Å². The number of phenols is 1. The quantitative estimate of drug-likeness (QED) is 0.880. The average Bonchev–Trinajstić information content (AvgIpc) is 2.39. The van der Waals surface area contributed by atoms with Crippen LogP contribution in [0.15, 0.2) is 60.7 Å². The van der Waals surface area contributed by atoms with Crippen LogP contribution < -0.4 is 4.74 Å². The lowest BCUT2D eigenvalue weighted by Crippen LogP contribution is -2.03. The molecule has 0 spiro atoms. The summed E-state index contributed by atoms with van der Waals surface area (Å²) in [6.45, 7) is 5.08. The Bertz CT molecular complexity index is 410. The van der Waals surface area contributed by atoms with Crippen molar-refractivity contribution < 1.29 is 9.84 Å². The zero-order valence-corrected chi connectivity index (χ0v) is 10.9. The summed E-state index contributed by atoms with van der Waals surface area (Å²) >= 11 is 0. The molecule has 0 aromatic heterocycles. The first-order valence-corrected chi connectivity index (χ1v) is 6.10. The fourth-order valence-corrected chi connectivity index (χ4v) is 1.21. The van der Waals surface area contributed by atoms with Gasteiger partial charge < -0.3 is 9.84 Å². The Morgan fingerprint density at radius 3 is 1.78 bits per heavy atom. The second kappa shape index (κ2) is 8.18. The highest BCUT2D eigenvalue weighted by molar-refractivity contribution is 5.20. The van der Waals surface area contributed by atoms with Crippen molar-refractivity contribution in [1.82, 2.24) is 0 Å². The van der Waals surface area contributed by atoms with Gasteiger partial charge in [-0.15, -0.1) is 0 Å². The molecule has 0 aliphatic carbocycles. The lowest BCUT2D eigenvalue weighted by molar-refractivity contribution is 0.271. The molecule has 0 radical (unpaired) electrons. The normalized spacial score (nSPS) is 9.50. The molecule has 0 fully saturated rings. The van der Waals surface area contributed by atoms with Gasteiger partial charge in [-0.1, -0.05) is 50.2 Å². The Balaban J connectivity index is 0.000000199. The van der Waals surface area contributed by atoms with E-state index in [-0.39, 0.29) is 0 Å². The minimum Gasteiger partial charge on any atom is -0.508 e. The first kappa shape index (κ1) is 14.1. The fraction of sp³-hybridized carbons (Fsp3) is 0.250. The molecule has 2 rings (SSSR count). The van der Waals surface area contributed by atoms with Crippen LogP contribution in [0.4, 0.5) is 0 Å². The van der Waals surface area contributed by atoms with E-state index in [4.69, 9.17) is 9.84 Å². The standard InChI is InChI=1S/C10H14O.C6H6O/c1-9(2)8-11-10-6-4-3-5-7-10;7-6-4-2-1-3-5-6/h3-7,9H,8H2,1-2H3;1-5,7H. The molecule has 0 unspecified atom stereocenters. The second-order valence-corrected chi connectivity index (χ2v) is 4.35. The predicted molar refractivity (Wildman–Crippen MR) is 74.9 cm³/mol. The van der Waals surface area contributed by atoms with Crippen LogP contribution in [-0.4, -0.2) is 11.7 Å². The highest BCUT2D eigenvalue weighted by Crippen LogP contribution is 2.09. The van der Waals surface area contributed by atoms with Crippen LogP contribution in [0.5, 0.6) is 11.5 Å². The van der Waals surface area contributed by atoms with Crippen molar-refractivity contribution in [1.29, 1.82) is 0 Å². The molecule has 0 aliphatic rings. The van der Waals surface area contributed by atoms with Gasteiger partial charge in [-0.3, -0.25) is 0 Å². The van der Waals surface area contributed by atoms with E-state index < -0.39 is 0 Å². The van der Waals surface area contributed by atoms with Gasteiger partial charge in [-0.25, -0.2) is 0 Å². The Morgan fingerprint density at radius 2 is 1.39 bits per heavy atom. The maximum Gasteiger partial charge on any atom is 0.119 e. The molecular formula is C16H20O2. The van der Waals surface area contributed by atoms with Crippen LogP contribution in [0.2, 0.25) is 0 Å². The van der Waals surface area contributed by atoms with Crippen LogP contribution >= 0.6 is 0 Å². The van der Waals surface area contributed by atoms with Gasteiger partial charge in [-0.05, 0) is 30.2 Å².